The summed E-state index contributed by atoms with van der Waals surface area (Å²) in [6, 6.07) is 10.4. The lowest BCUT2D eigenvalue weighted by molar-refractivity contribution is -0.119. The van der Waals surface area contributed by atoms with Crippen molar-refractivity contribution in [1.82, 2.24) is 5.32 Å². The van der Waals surface area contributed by atoms with Gasteiger partial charge in [0.25, 0.3) is 0 Å². The molecule has 1 saturated carbocycles. The summed E-state index contributed by atoms with van der Waals surface area (Å²) >= 11 is 0. The van der Waals surface area contributed by atoms with E-state index < -0.39 is 10.8 Å². The van der Waals surface area contributed by atoms with Gasteiger partial charge in [-0.3, -0.25) is 9.00 Å². The molecule has 1 saturated heterocycles. The van der Waals surface area contributed by atoms with Crippen LogP contribution in [0.15, 0.2) is 30.3 Å². The van der Waals surface area contributed by atoms with Crippen molar-refractivity contribution in [3.05, 3.63) is 35.9 Å². The maximum absolute atomic E-state index is 12.3. The summed E-state index contributed by atoms with van der Waals surface area (Å²) < 4.78 is 17.8. The number of ether oxygens (including phenoxy) is 1. The van der Waals surface area contributed by atoms with E-state index >= 15 is 0 Å². The Morgan fingerprint density at radius 3 is 2.50 bits per heavy atom. The van der Waals surface area contributed by atoms with Gasteiger partial charge in [-0.15, -0.1) is 0 Å². The lowest BCUT2D eigenvalue weighted by Gasteiger charge is -2.38. The molecule has 1 atom stereocenters. The second-order valence-electron chi connectivity index (χ2n) is 6.97. The Bertz CT molecular complexity index is 563. The quantitative estimate of drug-likeness (QED) is 0.859. The molecular formula is C19H27NO3S. The summed E-state index contributed by atoms with van der Waals surface area (Å²) in [6.07, 6.45) is 6.12. The molecule has 1 heterocycles. The van der Waals surface area contributed by atoms with Crippen LogP contribution in [0, 0.1) is 0 Å². The Morgan fingerprint density at radius 1 is 1.17 bits per heavy atom. The Kier molecular flexibility index (Phi) is 6.06. The number of rotatable bonds is 6. The van der Waals surface area contributed by atoms with E-state index in [0.717, 1.165) is 51.7 Å². The van der Waals surface area contributed by atoms with E-state index in [0.29, 0.717) is 6.54 Å². The van der Waals surface area contributed by atoms with Crippen LogP contribution in [0.5, 0.6) is 0 Å². The first-order chi connectivity index (χ1) is 11.7. The van der Waals surface area contributed by atoms with Crippen LogP contribution in [0.3, 0.4) is 0 Å². The van der Waals surface area contributed by atoms with Crippen molar-refractivity contribution in [2.45, 2.75) is 49.2 Å². The minimum Gasteiger partial charge on any atom is -0.381 e. The molecule has 1 N–H and O–H groups in total. The molecule has 1 aliphatic carbocycles. The minimum absolute atomic E-state index is 0.0655. The lowest BCUT2D eigenvalue weighted by Crippen LogP contribution is -2.45. The first kappa shape index (κ1) is 17.6. The molecule has 1 aromatic rings. The van der Waals surface area contributed by atoms with Crippen LogP contribution in [0.25, 0.3) is 0 Å². The molecule has 132 valence electrons. The Balaban J connectivity index is 1.59. The molecule has 0 spiro atoms. The second-order valence-corrected chi connectivity index (χ2v) is 8.68. The van der Waals surface area contributed by atoms with E-state index in [-0.39, 0.29) is 22.3 Å². The molecular weight excluding hydrogens is 322 g/mol. The maximum atomic E-state index is 12.3. The van der Waals surface area contributed by atoms with Gasteiger partial charge in [0.1, 0.15) is 5.75 Å². The van der Waals surface area contributed by atoms with Crippen molar-refractivity contribution in [2.75, 3.05) is 25.5 Å². The third-order valence-corrected chi connectivity index (χ3v) is 7.17. The van der Waals surface area contributed by atoms with Crippen molar-refractivity contribution < 1.29 is 13.7 Å². The molecule has 24 heavy (non-hydrogen) atoms. The van der Waals surface area contributed by atoms with Crippen LogP contribution >= 0.6 is 0 Å². The van der Waals surface area contributed by atoms with E-state index in [1.165, 1.54) is 5.56 Å². The van der Waals surface area contributed by atoms with Gasteiger partial charge in [-0.2, -0.15) is 0 Å². The van der Waals surface area contributed by atoms with E-state index in [9.17, 15) is 9.00 Å². The van der Waals surface area contributed by atoms with Gasteiger partial charge in [0.15, 0.2) is 0 Å². The van der Waals surface area contributed by atoms with E-state index in [4.69, 9.17) is 4.74 Å². The van der Waals surface area contributed by atoms with Gasteiger partial charge in [0.2, 0.25) is 5.91 Å². The van der Waals surface area contributed by atoms with Crippen molar-refractivity contribution >= 4 is 16.7 Å². The van der Waals surface area contributed by atoms with Crippen molar-refractivity contribution in [1.29, 1.82) is 0 Å². The average Bonchev–Trinajstić information content (AvgIpc) is 3.16. The summed E-state index contributed by atoms with van der Waals surface area (Å²) in [5.74, 6) is 0.0634. The van der Waals surface area contributed by atoms with Crippen molar-refractivity contribution in [2.24, 2.45) is 0 Å². The second kappa shape index (κ2) is 8.26. The molecule has 0 radical (unpaired) electrons. The fourth-order valence-corrected chi connectivity index (χ4v) is 5.29. The van der Waals surface area contributed by atoms with E-state index in [1.807, 2.05) is 18.2 Å². The Hall–Kier alpha value is -1.20. The van der Waals surface area contributed by atoms with Crippen LogP contribution in [0.1, 0.15) is 44.1 Å². The fraction of sp³-hybridized carbons (Fsp3) is 0.632. The maximum Gasteiger partial charge on any atom is 0.232 e. The standard InChI is InChI=1S/C19H27NO3S/c21-18(14-24(22)17-8-4-5-9-17)20-15-19(10-12-23-13-11-19)16-6-2-1-3-7-16/h1-3,6-7,17H,4-5,8-15H2,(H,20,21)/t24-/m1/s1. The molecule has 1 amide bonds. The first-order valence-corrected chi connectivity index (χ1v) is 10.3. The molecule has 1 aromatic carbocycles. The van der Waals surface area contributed by atoms with Crippen LogP contribution in [0.2, 0.25) is 0 Å². The molecule has 2 aliphatic rings. The zero-order valence-corrected chi connectivity index (χ0v) is 15.0. The topological polar surface area (TPSA) is 55.4 Å². The van der Waals surface area contributed by atoms with E-state index in [1.54, 1.807) is 0 Å². The molecule has 4 nitrogen and oxygen atoms in total. The highest BCUT2D eigenvalue weighted by Crippen LogP contribution is 2.34. The summed E-state index contributed by atoms with van der Waals surface area (Å²) in [5, 5.41) is 3.28. The van der Waals surface area contributed by atoms with Gasteiger partial charge in [-0.1, -0.05) is 43.2 Å². The molecule has 0 aromatic heterocycles. The third-order valence-electron chi connectivity index (χ3n) is 5.41. The molecule has 1 aliphatic heterocycles. The van der Waals surface area contributed by atoms with Crippen LogP contribution in [-0.4, -0.2) is 40.9 Å². The predicted molar refractivity (Wildman–Crippen MR) is 96.4 cm³/mol. The molecule has 3 rings (SSSR count). The van der Waals surface area contributed by atoms with Gasteiger partial charge < -0.3 is 10.1 Å². The highest BCUT2D eigenvalue weighted by Gasteiger charge is 2.35. The molecule has 0 bridgehead atoms. The van der Waals surface area contributed by atoms with Gasteiger partial charge in [0, 0.05) is 41.2 Å². The average molecular weight is 349 g/mol. The lowest BCUT2D eigenvalue weighted by atomic mass is 9.74. The highest BCUT2D eigenvalue weighted by molar-refractivity contribution is 7.86. The molecule has 5 heteroatoms. The normalized spacial score (nSPS) is 22.2. The monoisotopic (exact) mass is 349 g/mol. The third kappa shape index (κ3) is 4.25. The first-order valence-electron chi connectivity index (χ1n) is 8.97. The molecule has 0 unspecified atom stereocenters. The van der Waals surface area contributed by atoms with Gasteiger partial charge in [-0.25, -0.2) is 0 Å². The summed E-state index contributed by atoms with van der Waals surface area (Å²) in [7, 11) is -1.03. The number of carbonyl (C=O) groups excluding carboxylic acids is 1. The minimum atomic E-state index is -1.03. The van der Waals surface area contributed by atoms with E-state index in [2.05, 4.69) is 17.4 Å². The van der Waals surface area contributed by atoms with Crippen LogP contribution in [0.4, 0.5) is 0 Å². The van der Waals surface area contributed by atoms with Crippen molar-refractivity contribution in [3.63, 3.8) is 0 Å². The Morgan fingerprint density at radius 2 is 1.83 bits per heavy atom. The fourth-order valence-electron chi connectivity index (χ4n) is 3.84. The molecule has 2 fully saturated rings. The SMILES string of the molecule is O=C(C[S@@](=O)C1CCCC1)NCC1(c2ccccc2)CCOCC1. The largest absolute Gasteiger partial charge is 0.381 e. The zero-order valence-electron chi connectivity index (χ0n) is 14.2. The number of benzene rings is 1. The summed E-state index contributed by atoms with van der Waals surface area (Å²) in [6.45, 7) is 2.04. The highest BCUT2D eigenvalue weighted by atomic mass is 32.2. The number of amides is 1. The van der Waals surface area contributed by atoms with Crippen molar-refractivity contribution in [3.8, 4) is 0 Å². The van der Waals surface area contributed by atoms with Gasteiger partial charge in [-0.05, 0) is 31.2 Å². The Labute approximate surface area is 146 Å². The van der Waals surface area contributed by atoms with Gasteiger partial charge >= 0.3 is 0 Å². The smallest absolute Gasteiger partial charge is 0.232 e. The van der Waals surface area contributed by atoms with Crippen LogP contribution in [-0.2, 0) is 25.7 Å². The van der Waals surface area contributed by atoms with Crippen LogP contribution < -0.4 is 5.32 Å². The summed E-state index contributed by atoms with van der Waals surface area (Å²) in [5.41, 5.74) is 1.19. The number of nitrogens with one attached hydrogen (secondary N) is 1. The van der Waals surface area contributed by atoms with Gasteiger partial charge in [0.05, 0.1) is 0 Å². The zero-order chi connectivity index (χ0) is 16.8. The number of carbonyl (C=O) groups is 1. The summed E-state index contributed by atoms with van der Waals surface area (Å²) in [4.78, 5) is 12.3. The number of hydrogen-bond donors (Lipinski definition) is 1. The predicted octanol–water partition coefficient (Wildman–Crippen LogP) is 2.54. The number of hydrogen-bond acceptors (Lipinski definition) is 3.